The van der Waals surface area contributed by atoms with Crippen molar-refractivity contribution in [1.82, 2.24) is 0 Å². The first-order valence-electron chi connectivity index (χ1n) is 6.62. The highest BCUT2D eigenvalue weighted by atomic mass is 16.3. The third-order valence-electron chi connectivity index (χ3n) is 3.80. The molecule has 4 nitrogen and oxygen atoms in total. The molecule has 102 valence electrons. The molecule has 0 fully saturated rings. The van der Waals surface area contributed by atoms with Gasteiger partial charge in [-0.05, 0) is 36.8 Å². The van der Waals surface area contributed by atoms with Crippen molar-refractivity contribution in [2.75, 3.05) is 4.90 Å². The zero-order chi connectivity index (χ0) is 14.6. The Morgan fingerprint density at radius 1 is 0.952 bits per heavy atom. The van der Waals surface area contributed by atoms with Crippen LogP contribution in [0.4, 0.5) is 5.69 Å². The zero-order valence-electron chi connectivity index (χ0n) is 11.3. The SMILES string of the molecule is Cc1coc2cc(N3C(=O)c4ccccc4C3=O)ccc12. The monoisotopic (exact) mass is 277 g/mol. The summed E-state index contributed by atoms with van der Waals surface area (Å²) in [6.45, 7) is 1.95. The van der Waals surface area contributed by atoms with Crippen molar-refractivity contribution in [2.24, 2.45) is 0 Å². The Hall–Kier alpha value is -2.88. The molecule has 1 aliphatic heterocycles. The van der Waals surface area contributed by atoms with Crippen LogP contribution in [-0.4, -0.2) is 11.8 Å². The minimum Gasteiger partial charge on any atom is -0.464 e. The summed E-state index contributed by atoms with van der Waals surface area (Å²) >= 11 is 0. The molecule has 3 aromatic rings. The fourth-order valence-corrected chi connectivity index (χ4v) is 2.71. The van der Waals surface area contributed by atoms with Gasteiger partial charge in [0, 0.05) is 11.5 Å². The highest BCUT2D eigenvalue weighted by Crippen LogP contribution is 2.31. The van der Waals surface area contributed by atoms with Crippen molar-refractivity contribution in [2.45, 2.75) is 6.92 Å². The van der Waals surface area contributed by atoms with E-state index in [1.54, 1.807) is 42.7 Å². The lowest BCUT2D eigenvalue weighted by Crippen LogP contribution is -2.29. The van der Waals surface area contributed by atoms with Crippen LogP contribution < -0.4 is 4.90 Å². The maximum absolute atomic E-state index is 12.4. The highest BCUT2D eigenvalue weighted by molar-refractivity contribution is 6.34. The van der Waals surface area contributed by atoms with Crippen LogP contribution in [0.1, 0.15) is 26.3 Å². The first-order chi connectivity index (χ1) is 10.2. The quantitative estimate of drug-likeness (QED) is 0.639. The standard InChI is InChI=1S/C17H11NO3/c1-10-9-21-15-8-11(6-7-12(10)15)18-16(19)13-4-2-3-5-14(13)17(18)20/h2-9H,1H3. The van der Waals surface area contributed by atoms with Gasteiger partial charge in [0.2, 0.25) is 0 Å². The average Bonchev–Trinajstić information content (AvgIpc) is 2.99. The van der Waals surface area contributed by atoms with E-state index in [-0.39, 0.29) is 11.8 Å². The molecular weight excluding hydrogens is 266 g/mol. The van der Waals surface area contributed by atoms with Crippen molar-refractivity contribution in [1.29, 1.82) is 0 Å². The predicted octanol–water partition coefficient (Wildman–Crippen LogP) is 3.54. The number of hydrogen-bond donors (Lipinski definition) is 0. The normalized spacial score (nSPS) is 14.0. The molecule has 0 bridgehead atoms. The Morgan fingerprint density at radius 2 is 1.62 bits per heavy atom. The largest absolute Gasteiger partial charge is 0.464 e. The Labute approximate surface area is 120 Å². The van der Waals surface area contributed by atoms with Gasteiger partial charge in [-0.3, -0.25) is 9.59 Å². The Bertz CT molecular complexity index is 872. The van der Waals surface area contributed by atoms with Crippen molar-refractivity contribution in [3.8, 4) is 0 Å². The van der Waals surface area contributed by atoms with Crippen molar-refractivity contribution < 1.29 is 14.0 Å². The summed E-state index contributed by atoms with van der Waals surface area (Å²) < 4.78 is 5.45. The van der Waals surface area contributed by atoms with Crippen molar-refractivity contribution in [3.63, 3.8) is 0 Å². The summed E-state index contributed by atoms with van der Waals surface area (Å²) in [5, 5.41) is 0.982. The number of rotatable bonds is 1. The van der Waals surface area contributed by atoms with E-state index in [9.17, 15) is 9.59 Å². The number of benzene rings is 2. The number of fused-ring (bicyclic) bond motifs is 2. The number of hydrogen-bond acceptors (Lipinski definition) is 3. The maximum Gasteiger partial charge on any atom is 0.266 e. The van der Waals surface area contributed by atoms with Gasteiger partial charge in [0.15, 0.2) is 0 Å². The van der Waals surface area contributed by atoms with E-state index in [1.165, 1.54) is 4.90 Å². The van der Waals surface area contributed by atoms with Crippen LogP contribution in [-0.2, 0) is 0 Å². The number of aryl methyl sites for hydroxylation is 1. The number of nitrogens with zero attached hydrogens (tertiary/aromatic N) is 1. The molecule has 0 saturated carbocycles. The number of imide groups is 1. The van der Waals surface area contributed by atoms with Gasteiger partial charge in [0.1, 0.15) is 5.58 Å². The molecule has 4 heteroatoms. The molecular formula is C17H11NO3. The first kappa shape index (κ1) is 11.9. The van der Waals surface area contributed by atoms with Crippen molar-refractivity contribution >= 4 is 28.5 Å². The summed E-state index contributed by atoms with van der Waals surface area (Å²) in [5.74, 6) is -0.587. The molecule has 2 amide bonds. The third-order valence-corrected chi connectivity index (χ3v) is 3.80. The number of carbonyl (C=O) groups is 2. The van der Waals surface area contributed by atoms with Gasteiger partial charge in [-0.1, -0.05) is 12.1 Å². The van der Waals surface area contributed by atoms with Gasteiger partial charge >= 0.3 is 0 Å². The molecule has 0 aliphatic carbocycles. The van der Waals surface area contributed by atoms with E-state index < -0.39 is 0 Å². The van der Waals surface area contributed by atoms with E-state index >= 15 is 0 Å². The summed E-state index contributed by atoms with van der Waals surface area (Å²) in [7, 11) is 0. The predicted molar refractivity (Wildman–Crippen MR) is 78.5 cm³/mol. The molecule has 0 saturated heterocycles. The van der Waals surface area contributed by atoms with Crippen molar-refractivity contribution in [3.05, 3.63) is 65.4 Å². The van der Waals surface area contributed by atoms with Gasteiger partial charge < -0.3 is 4.42 Å². The van der Waals surface area contributed by atoms with E-state index in [1.807, 2.05) is 13.0 Å². The molecule has 0 atom stereocenters. The van der Waals surface area contributed by atoms with Gasteiger partial charge in [-0.15, -0.1) is 0 Å². The van der Waals surface area contributed by atoms with E-state index in [0.717, 1.165) is 10.9 Å². The average molecular weight is 277 g/mol. The smallest absolute Gasteiger partial charge is 0.266 e. The molecule has 2 heterocycles. The second-order valence-corrected chi connectivity index (χ2v) is 5.09. The number of carbonyl (C=O) groups excluding carboxylic acids is 2. The summed E-state index contributed by atoms with van der Waals surface area (Å²) in [6, 6.07) is 12.2. The van der Waals surface area contributed by atoms with Gasteiger partial charge in [-0.25, -0.2) is 4.90 Å². The molecule has 2 aromatic carbocycles. The van der Waals surface area contributed by atoms with Crippen LogP contribution in [0.25, 0.3) is 11.0 Å². The fraction of sp³-hybridized carbons (Fsp3) is 0.0588. The number of amides is 2. The molecule has 21 heavy (non-hydrogen) atoms. The van der Waals surface area contributed by atoms with E-state index in [2.05, 4.69) is 0 Å². The lowest BCUT2D eigenvalue weighted by Gasteiger charge is -2.13. The summed E-state index contributed by atoms with van der Waals surface area (Å²) in [6.07, 6.45) is 1.66. The number of furan rings is 1. The molecule has 0 N–H and O–H groups in total. The zero-order valence-corrected chi connectivity index (χ0v) is 11.3. The maximum atomic E-state index is 12.4. The van der Waals surface area contributed by atoms with E-state index in [0.29, 0.717) is 22.4 Å². The molecule has 0 radical (unpaired) electrons. The van der Waals surface area contributed by atoms with Gasteiger partial charge in [0.25, 0.3) is 11.8 Å². The Balaban J connectivity index is 1.86. The number of anilines is 1. The lowest BCUT2D eigenvalue weighted by molar-refractivity contribution is 0.0926. The molecule has 0 unspecified atom stereocenters. The van der Waals surface area contributed by atoms with Crippen LogP contribution >= 0.6 is 0 Å². The Kier molecular flexibility index (Phi) is 2.30. The van der Waals surface area contributed by atoms with Gasteiger partial charge in [0.05, 0.1) is 23.1 Å². The minimum absolute atomic E-state index is 0.293. The molecule has 1 aromatic heterocycles. The van der Waals surface area contributed by atoms with Crippen LogP contribution in [0.5, 0.6) is 0 Å². The fourth-order valence-electron chi connectivity index (χ4n) is 2.71. The molecule has 0 spiro atoms. The topological polar surface area (TPSA) is 50.5 Å². The Morgan fingerprint density at radius 3 is 2.29 bits per heavy atom. The minimum atomic E-state index is -0.293. The second-order valence-electron chi connectivity index (χ2n) is 5.09. The van der Waals surface area contributed by atoms with Crippen LogP contribution in [0.3, 0.4) is 0 Å². The second kappa shape index (κ2) is 4.06. The van der Waals surface area contributed by atoms with Crippen LogP contribution in [0.15, 0.2) is 53.1 Å². The molecule has 1 aliphatic rings. The summed E-state index contributed by atoms with van der Waals surface area (Å²) in [5.41, 5.74) is 3.11. The van der Waals surface area contributed by atoms with E-state index in [4.69, 9.17) is 4.42 Å². The molecule has 4 rings (SSSR count). The van der Waals surface area contributed by atoms with Crippen LogP contribution in [0.2, 0.25) is 0 Å². The lowest BCUT2D eigenvalue weighted by atomic mass is 10.1. The van der Waals surface area contributed by atoms with Gasteiger partial charge in [-0.2, -0.15) is 0 Å². The highest BCUT2D eigenvalue weighted by Gasteiger charge is 2.36. The third kappa shape index (κ3) is 1.56. The summed E-state index contributed by atoms with van der Waals surface area (Å²) in [4.78, 5) is 26.0. The van der Waals surface area contributed by atoms with Crippen LogP contribution in [0, 0.1) is 6.92 Å². The first-order valence-corrected chi connectivity index (χ1v) is 6.62.